The van der Waals surface area contributed by atoms with Crippen LogP contribution in [0.3, 0.4) is 0 Å². The van der Waals surface area contributed by atoms with Gasteiger partial charge in [0.05, 0.1) is 11.8 Å². The molecule has 102 valence electrons. The zero-order valence-corrected chi connectivity index (χ0v) is 11.4. The Kier molecular flexibility index (Phi) is 4.92. The van der Waals surface area contributed by atoms with Gasteiger partial charge in [-0.1, -0.05) is 12.8 Å². The Labute approximate surface area is 112 Å². The molecule has 5 heteroatoms. The fraction of sp³-hybridized carbons (Fsp3) is 0.846. The van der Waals surface area contributed by atoms with E-state index in [1.807, 2.05) is 11.8 Å². The van der Waals surface area contributed by atoms with Crippen LogP contribution in [0.25, 0.3) is 0 Å². The standard InChI is InChI=1S/C13H21NO3S/c15-12(14-7-9-5-6-18-8-9)10-3-1-2-4-11(10)13(16)17/h9-11H,1-8H2,(H,14,15)(H,16,17). The summed E-state index contributed by atoms with van der Waals surface area (Å²) in [5.41, 5.74) is 0. The van der Waals surface area contributed by atoms with Gasteiger partial charge in [0.15, 0.2) is 0 Å². The van der Waals surface area contributed by atoms with Crippen LogP contribution in [0.2, 0.25) is 0 Å². The lowest BCUT2D eigenvalue weighted by atomic mass is 9.78. The average Bonchev–Trinajstić information content (AvgIpc) is 2.89. The molecule has 3 atom stereocenters. The van der Waals surface area contributed by atoms with Crippen molar-refractivity contribution >= 4 is 23.6 Å². The molecule has 0 aromatic heterocycles. The predicted molar refractivity (Wildman–Crippen MR) is 71.5 cm³/mol. The van der Waals surface area contributed by atoms with Gasteiger partial charge in [-0.2, -0.15) is 11.8 Å². The van der Waals surface area contributed by atoms with E-state index < -0.39 is 11.9 Å². The van der Waals surface area contributed by atoms with Crippen molar-refractivity contribution in [1.82, 2.24) is 5.32 Å². The lowest BCUT2D eigenvalue weighted by Crippen LogP contribution is -2.41. The number of carbonyl (C=O) groups excluding carboxylic acids is 1. The molecular weight excluding hydrogens is 250 g/mol. The van der Waals surface area contributed by atoms with Crippen LogP contribution in [0.1, 0.15) is 32.1 Å². The van der Waals surface area contributed by atoms with Gasteiger partial charge in [-0.25, -0.2) is 0 Å². The maximum Gasteiger partial charge on any atom is 0.307 e. The van der Waals surface area contributed by atoms with E-state index in [9.17, 15) is 9.59 Å². The van der Waals surface area contributed by atoms with Gasteiger partial charge in [-0.3, -0.25) is 9.59 Å². The first-order chi connectivity index (χ1) is 8.68. The van der Waals surface area contributed by atoms with Gasteiger partial charge in [-0.05, 0) is 36.7 Å². The van der Waals surface area contributed by atoms with Crippen LogP contribution >= 0.6 is 11.8 Å². The molecule has 1 amide bonds. The van der Waals surface area contributed by atoms with Gasteiger partial charge < -0.3 is 10.4 Å². The number of hydrogen-bond donors (Lipinski definition) is 2. The summed E-state index contributed by atoms with van der Waals surface area (Å²) < 4.78 is 0. The Morgan fingerprint density at radius 1 is 1.17 bits per heavy atom. The molecule has 1 saturated carbocycles. The first-order valence-corrected chi connectivity index (χ1v) is 7.92. The third-order valence-electron chi connectivity index (χ3n) is 4.01. The number of carbonyl (C=O) groups is 2. The van der Waals surface area contributed by atoms with E-state index in [0.29, 0.717) is 18.9 Å². The normalized spacial score (nSPS) is 32.1. The van der Waals surface area contributed by atoms with E-state index in [0.717, 1.165) is 31.4 Å². The second-order valence-corrected chi connectivity index (χ2v) is 6.46. The van der Waals surface area contributed by atoms with Crippen LogP contribution in [0.5, 0.6) is 0 Å². The van der Waals surface area contributed by atoms with Crippen LogP contribution < -0.4 is 5.32 Å². The number of aliphatic carboxylic acids is 1. The van der Waals surface area contributed by atoms with E-state index in [-0.39, 0.29) is 11.8 Å². The van der Waals surface area contributed by atoms with Crippen molar-refractivity contribution in [2.45, 2.75) is 32.1 Å². The van der Waals surface area contributed by atoms with E-state index in [1.165, 1.54) is 5.75 Å². The minimum Gasteiger partial charge on any atom is -0.481 e. The summed E-state index contributed by atoms with van der Waals surface area (Å²) >= 11 is 1.93. The smallest absolute Gasteiger partial charge is 0.307 e. The van der Waals surface area contributed by atoms with Crippen LogP contribution in [0.15, 0.2) is 0 Å². The summed E-state index contributed by atoms with van der Waals surface area (Å²) in [7, 11) is 0. The van der Waals surface area contributed by atoms with Crippen molar-refractivity contribution in [1.29, 1.82) is 0 Å². The minimum atomic E-state index is -0.814. The number of hydrogen-bond acceptors (Lipinski definition) is 3. The van der Waals surface area contributed by atoms with Gasteiger partial charge in [0.1, 0.15) is 0 Å². The Hall–Kier alpha value is -0.710. The van der Waals surface area contributed by atoms with Crippen molar-refractivity contribution < 1.29 is 14.7 Å². The van der Waals surface area contributed by atoms with Crippen molar-refractivity contribution in [3.8, 4) is 0 Å². The van der Waals surface area contributed by atoms with Crippen molar-refractivity contribution in [2.75, 3.05) is 18.1 Å². The molecule has 18 heavy (non-hydrogen) atoms. The monoisotopic (exact) mass is 271 g/mol. The van der Waals surface area contributed by atoms with Crippen molar-refractivity contribution in [3.05, 3.63) is 0 Å². The molecule has 0 radical (unpaired) electrons. The van der Waals surface area contributed by atoms with Crippen LogP contribution in [-0.4, -0.2) is 35.0 Å². The zero-order chi connectivity index (χ0) is 13.0. The van der Waals surface area contributed by atoms with Crippen LogP contribution in [-0.2, 0) is 9.59 Å². The molecule has 0 spiro atoms. The SMILES string of the molecule is O=C(O)C1CCCCC1C(=O)NCC1CCSC1. The molecule has 0 aromatic rings. The van der Waals surface area contributed by atoms with Gasteiger partial charge in [-0.15, -0.1) is 0 Å². The molecule has 1 heterocycles. The maximum absolute atomic E-state index is 12.1. The van der Waals surface area contributed by atoms with E-state index in [4.69, 9.17) is 5.11 Å². The summed E-state index contributed by atoms with van der Waals surface area (Å²) in [4.78, 5) is 23.2. The summed E-state index contributed by atoms with van der Waals surface area (Å²) in [6.45, 7) is 0.717. The third-order valence-corrected chi connectivity index (χ3v) is 5.24. The molecule has 2 aliphatic rings. The highest BCUT2D eigenvalue weighted by atomic mass is 32.2. The van der Waals surface area contributed by atoms with Crippen LogP contribution in [0, 0.1) is 17.8 Å². The molecule has 2 N–H and O–H groups in total. The van der Waals surface area contributed by atoms with Gasteiger partial charge >= 0.3 is 5.97 Å². The Balaban J connectivity index is 1.83. The second kappa shape index (κ2) is 6.45. The number of thioether (sulfide) groups is 1. The molecule has 2 fully saturated rings. The van der Waals surface area contributed by atoms with E-state index in [2.05, 4.69) is 5.32 Å². The molecular formula is C13H21NO3S. The lowest BCUT2D eigenvalue weighted by molar-refractivity contribution is -0.148. The van der Waals surface area contributed by atoms with Crippen molar-refractivity contribution in [3.63, 3.8) is 0 Å². The van der Waals surface area contributed by atoms with Crippen molar-refractivity contribution in [2.24, 2.45) is 17.8 Å². The summed E-state index contributed by atoms with van der Waals surface area (Å²) in [5.74, 6) is 1.23. The highest BCUT2D eigenvalue weighted by Gasteiger charge is 2.35. The number of rotatable bonds is 4. The summed E-state index contributed by atoms with van der Waals surface area (Å²) in [6, 6.07) is 0. The lowest BCUT2D eigenvalue weighted by Gasteiger charge is -2.27. The fourth-order valence-electron chi connectivity index (χ4n) is 2.86. The quantitative estimate of drug-likeness (QED) is 0.817. The third kappa shape index (κ3) is 3.40. The first-order valence-electron chi connectivity index (χ1n) is 6.76. The molecule has 1 aliphatic heterocycles. The van der Waals surface area contributed by atoms with E-state index in [1.54, 1.807) is 0 Å². The minimum absolute atomic E-state index is 0.0426. The number of carboxylic acid groups (broad SMARTS) is 1. The Morgan fingerprint density at radius 2 is 1.89 bits per heavy atom. The fourth-order valence-corrected chi connectivity index (χ4v) is 4.15. The molecule has 3 unspecified atom stereocenters. The zero-order valence-electron chi connectivity index (χ0n) is 10.6. The first kappa shape index (κ1) is 13.7. The second-order valence-electron chi connectivity index (χ2n) is 5.31. The topological polar surface area (TPSA) is 66.4 Å². The van der Waals surface area contributed by atoms with E-state index >= 15 is 0 Å². The molecule has 0 aromatic carbocycles. The maximum atomic E-state index is 12.1. The molecule has 1 saturated heterocycles. The Bertz CT molecular complexity index is 315. The van der Waals surface area contributed by atoms with Gasteiger partial charge in [0.25, 0.3) is 0 Å². The highest BCUT2D eigenvalue weighted by Crippen LogP contribution is 2.30. The summed E-state index contributed by atoms with van der Waals surface area (Å²) in [6.07, 6.45) is 4.44. The molecule has 0 bridgehead atoms. The van der Waals surface area contributed by atoms with Gasteiger partial charge in [0, 0.05) is 6.54 Å². The van der Waals surface area contributed by atoms with Gasteiger partial charge in [0.2, 0.25) is 5.91 Å². The number of carboxylic acids is 1. The number of nitrogens with one attached hydrogen (secondary N) is 1. The van der Waals surface area contributed by atoms with Crippen LogP contribution in [0.4, 0.5) is 0 Å². The summed E-state index contributed by atoms with van der Waals surface area (Å²) in [5, 5.41) is 12.1. The largest absolute Gasteiger partial charge is 0.481 e. The molecule has 2 rings (SSSR count). The molecule has 4 nitrogen and oxygen atoms in total. The predicted octanol–water partition coefficient (Wildman–Crippen LogP) is 1.75. The Morgan fingerprint density at radius 3 is 2.50 bits per heavy atom. The molecule has 1 aliphatic carbocycles. The average molecular weight is 271 g/mol. The highest BCUT2D eigenvalue weighted by molar-refractivity contribution is 7.99. The number of amides is 1.